The van der Waals surface area contributed by atoms with Gasteiger partial charge in [0.15, 0.2) is 5.69 Å². The molecular formula is C15H19N3O2. The highest BCUT2D eigenvalue weighted by atomic mass is 16.5. The number of carbonyl (C=O) groups is 1. The Morgan fingerprint density at radius 2 is 2.05 bits per heavy atom. The van der Waals surface area contributed by atoms with E-state index in [4.69, 9.17) is 4.74 Å². The highest BCUT2D eigenvalue weighted by Crippen LogP contribution is 2.16. The zero-order valence-corrected chi connectivity index (χ0v) is 12.0. The van der Waals surface area contributed by atoms with E-state index in [1.165, 1.54) is 0 Å². The normalized spacial score (nSPS) is 10.3. The molecule has 2 rings (SSSR count). The lowest BCUT2D eigenvalue weighted by Crippen LogP contribution is -2.24. The van der Waals surface area contributed by atoms with Gasteiger partial charge in [0.25, 0.3) is 5.91 Å². The van der Waals surface area contributed by atoms with Crippen LogP contribution in [0.15, 0.2) is 30.3 Å². The molecule has 1 aromatic heterocycles. The number of amides is 1. The Morgan fingerprint density at radius 1 is 1.35 bits per heavy atom. The van der Waals surface area contributed by atoms with Gasteiger partial charge in [0, 0.05) is 12.2 Å². The Morgan fingerprint density at radius 3 is 2.65 bits per heavy atom. The van der Waals surface area contributed by atoms with Gasteiger partial charge in [0.05, 0.1) is 12.8 Å². The fourth-order valence-corrected chi connectivity index (χ4v) is 1.90. The van der Waals surface area contributed by atoms with Gasteiger partial charge < -0.3 is 10.1 Å². The number of carbonyl (C=O) groups excluding carboxylic acids is 1. The standard InChI is InChI=1S/C15H19N3O2/c1-4-9-16-15(19)14-10-11(2)18(17-14)12-5-7-13(20-3)8-6-12/h5-8,10H,4,9H2,1-3H3,(H,16,19). The number of nitrogens with one attached hydrogen (secondary N) is 1. The summed E-state index contributed by atoms with van der Waals surface area (Å²) in [4.78, 5) is 11.9. The molecule has 0 unspecified atom stereocenters. The lowest BCUT2D eigenvalue weighted by Gasteiger charge is -2.05. The Hall–Kier alpha value is -2.30. The molecule has 5 nitrogen and oxygen atoms in total. The van der Waals surface area contributed by atoms with E-state index in [9.17, 15) is 4.79 Å². The Labute approximate surface area is 118 Å². The third-order valence-corrected chi connectivity index (χ3v) is 2.97. The van der Waals surface area contributed by atoms with Crippen molar-refractivity contribution >= 4 is 5.91 Å². The predicted octanol–water partition coefficient (Wildman–Crippen LogP) is 2.33. The van der Waals surface area contributed by atoms with Crippen molar-refractivity contribution in [1.29, 1.82) is 0 Å². The minimum atomic E-state index is -0.137. The van der Waals surface area contributed by atoms with E-state index in [0.717, 1.165) is 23.6 Å². The molecule has 0 saturated heterocycles. The van der Waals surface area contributed by atoms with Gasteiger partial charge in [-0.15, -0.1) is 0 Å². The molecule has 0 fully saturated rings. The first-order chi connectivity index (χ1) is 9.65. The van der Waals surface area contributed by atoms with Crippen molar-refractivity contribution in [3.05, 3.63) is 41.7 Å². The summed E-state index contributed by atoms with van der Waals surface area (Å²) < 4.78 is 6.88. The monoisotopic (exact) mass is 273 g/mol. The minimum Gasteiger partial charge on any atom is -0.497 e. The Kier molecular flexibility index (Phi) is 4.40. The van der Waals surface area contributed by atoms with Gasteiger partial charge in [-0.1, -0.05) is 6.92 Å². The highest BCUT2D eigenvalue weighted by molar-refractivity contribution is 5.92. The van der Waals surface area contributed by atoms with Crippen molar-refractivity contribution in [3.63, 3.8) is 0 Å². The average Bonchev–Trinajstić information content (AvgIpc) is 2.87. The van der Waals surface area contributed by atoms with Crippen LogP contribution in [0.5, 0.6) is 5.75 Å². The van der Waals surface area contributed by atoms with Crippen LogP contribution in [0.25, 0.3) is 5.69 Å². The van der Waals surface area contributed by atoms with Crippen LogP contribution in [0.2, 0.25) is 0 Å². The van der Waals surface area contributed by atoms with Crippen molar-refractivity contribution in [1.82, 2.24) is 15.1 Å². The lowest BCUT2D eigenvalue weighted by molar-refractivity contribution is 0.0948. The van der Waals surface area contributed by atoms with Gasteiger partial charge in [-0.25, -0.2) is 4.68 Å². The second-order valence-electron chi connectivity index (χ2n) is 4.54. The molecule has 20 heavy (non-hydrogen) atoms. The maximum atomic E-state index is 11.9. The largest absolute Gasteiger partial charge is 0.497 e. The number of methoxy groups -OCH3 is 1. The third-order valence-electron chi connectivity index (χ3n) is 2.97. The molecule has 0 aliphatic carbocycles. The number of benzene rings is 1. The number of hydrogen-bond donors (Lipinski definition) is 1. The summed E-state index contributed by atoms with van der Waals surface area (Å²) in [5, 5.41) is 7.18. The summed E-state index contributed by atoms with van der Waals surface area (Å²) in [6.45, 7) is 4.60. The zero-order valence-electron chi connectivity index (χ0n) is 12.0. The molecule has 106 valence electrons. The van der Waals surface area contributed by atoms with Crippen LogP contribution in [-0.4, -0.2) is 29.3 Å². The minimum absolute atomic E-state index is 0.137. The van der Waals surface area contributed by atoms with E-state index in [2.05, 4.69) is 10.4 Å². The summed E-state index contributed by atoms with van der Waals surface area (Å²) in [5.41, 5.74) is 2.25. The molecule has 0 radical (unpaired) electrons. The van der Waals surface area contributed by atoms with Crippen molar-refractivity contribution in [2.24, 2.45) is 0 Å². The van der Waals surface area contributed by atoms with Gasteiger partial charge in [-0.3, -0.25) is 4.79 Å². The first-order valence-corrected chi connectivity index (χ1v) is 6.65. The van der Waals surface area contributed by atoms with E-state index >= 15 is 0 Å². The van der Waals surface area contributed by atoms with Crippen LogP contribution in [0.4, 0.5) is 0 Å². The van der Waals surface area contributed by atoms with Gasteiger partial charge in [0.1, 0.15) is 5.75 Å². The SMILES string of the molecule is CCCNC(=O)c1cc(C)n(-c2ccc(OC)cc2)n1. The third kappa shape index (κ3) is 2.99. The summed E-state index contributed by atoms with van der Waals surface area (Å²) in [6, 6.07) is 9.34. The molecule has 1 aromatic carbocycles. The molecular weight excluding hydrogens is 254 g/mol. The Balaban J connectivity index is 2.24. The molecule has 0 atom stereocenters. The smallest absolute Gasteiger partial charge is 0.271 e. The van der Waals surface area contributed by atoms with Crippen molar-refractivity contribution in [3.8, 4) is 11.4 Å². The van der Waals surface area contributed by atoms with E-state index < -0.39 is 0 Å². The molecule has 1 N–H and O–H groups in total. The number of nitrogens with zero attached hydrogens (tertiary/aromatic N) is 2. The maximum absolute atomic E-state index is 11.9. The van der Waals surface area contributed by atoms with Gasteiger partial charge in [-0.05, 0) is 43.7 Å². The lowest BCUT2D eigenvalue weighted by atomic mass is 10.3. The molecule has 0 spiro atoms. The highest BCUT2D eigenvalue weighted by Gasteiger charge is 2.12. The first-order valence-electron chi connectivity index (χ1n) is 6.65. The van der Waals surface area contributed by atoms with Crippen molar-refractivity contribution in [2.75, 3.05) is 13.7 Å². The van der Waals surface area contributed by atoms with Crippen LogP contribution in [0.3, 0.4) is 0 Å². The molecule has 0 saturated carbocycles. The number of hydrogen-bond acceptors (Lipinski definition) is 3. The van der Waals surface area contributed by atoms with Crippen LogP contribution >= 0.6 is 0 Å². The molecule has 1 heterocycles. The Bertz CT molecular complexity index is 588. The zero-order chi connectivity index (χ0) is 14.5. The van der Waals surface area contributed by atoms with Crippen LogP contribution in [0, 0.1) is 6.92 Å². The van der Waals surface area contributed by atoms with E-state index in [0.29, 0.717) is 12.2 Å². The van der Waals surface area contributed by atoms with Crippen LogP contribution in [-0.2, 0) is 0 Å². The van der Waals surface area contributed by atoms with Gasteiger partial charge >= 0.3 is 0 Å². The molecule has 2 aromatic rings. The van der Waals surface area contributed by atoms with Gasteiger partial charge in [0.2, 0.25) is 0 Å². The van der Waals surface area contributed by atoms with E-state index in [1.807, 2.05) is 38.1 Å². The van der Waals surface area contributed by atoms with Crippen molar-refractivity contribution < 1.29 is 9.53 Å². The molecule has 0 bridgehead atoms. The van der Waals surface area contributed by atoms with Crippen molar-refractivity contribution in [2.45, 2.75) is 20.3 Å². The molecule has 0 aliphatic heterocycles. The topological polar surface area (TPSA) is 56.2 Å². The molecule has 0 aliphatic rings. The number of rotatable bonds is 5. The second-order valence-corrected chi connectivity index (χ2v) is 4.54. The fraction of sp³-hybridized carbons (Fsp3) is 0.333. The predicted molar refractivity (Wildman–Crippen MR) is 77.5 cm³/mol. The summed E-state index contributed by atoms with van der Waals surface area (Å²) in [6.07, 6.45) is 0.907. The fourth-order valence-electron chi connectivity index (χ4n) is 1.90. The van der Waals surface area contributed by atoms with E-state index in [1.54, 1.807) is 17.9 Å². The number of aryl methyl sites for hydroxylation is 1. The van der Waals surface area contributed by atoms with E-state index in [-0.39, 0.29) is 5.91 Å². The maximum Gasteiger partial charge on any atom is 0.271 e. The summed E-state index contributed by atoms with van der Waals surface area (Å²) >= 11 is 0. The first kappa shape index (κ1) is 14.1. The molecule has 1 amide bonds. The second kappa shape index (κ2) is 6.23. The summed E-state index contributed by atoms with van der Waals surface area (Å²) in [5.74, 6) is 0.654. The summed E-state index contributed by atoms with van der Waals surface area (Å²) in [7, 11) is 1.63. The number of ether oxygens (including phenoxy) is 1. The van der Waals surface area contributed by atoms with Crippen LogP contribution < -0.4 is 10.1 Å². The van der Waals surface area contributed by atoms with Crippen LogP contribution in [0.1, 0.15) is 29.5 Å². The van der Waals surface area contributed by atoms with Gasteiger partial charge in [-0.2, -0.15) is 5.10 Å². The average molecular weight is 273 g/mol. The molecule has 5 heteroatoms. The quantitative estimate of drug-likeness (QED) is 0.909. The number of aromatic nitrogens is 2.